The van der Waals surface area contributed by atoms with E-state index < -0.39 is 0 Å². The zero-order valence-corrected chi connectivity index (χ0v) is 26.3. The van der Waals surface area contributed by atoms with Crippen molar-refractivity contribution in [2.75, 3.05) is 6.61 Å². The molecule has 0 rings (SSSR count). The SMILES string of the molecule is CCCCCCCCCCCCC/C=C/CC(CO)NC(=O)CCCCCCCCCCCCCC(C)C. The van der Waals surface area contributed by atoms with Crippen LogP contribution < -0.4 is 5.32 Å². The molecule has 0 spiro atoms. The fourth-order valence-corrected chi connectivity index (χ4v) is 5.21. The normalized spacial score (nSPS) is 12.6. The van der Waals surface area contributed by atoms with Crippen LogP contribution in [0.3, 0.4) is 0 Å². The van der Waals surface area contributed by atoms with Crippen molar-refractivity contribution in [3.8, 4) is 0 Å². The molecule has 3 nitrogen and oxygen atoms in total. The predicted octanol–water partition coefficient (Wildman–Crippen LogP) is 10.8. The zero-order chi connectivity index (χ0) is 27.9. The standard InChI is InChI=1S/C35H69NO2/c1-4-5-6-7-8-9-10-11-12-15-18-21-24-27-30-34(32-37)36-35(38)31-28-25-22-19-16-13-14-17-20-23-26-29-33(2)3/h24,27,33-34,37H,4-23,25-26,28-32H2,1-3H3,(H,36,38)/b27-24+. The molecule has 0 radical (unpaired) electrons. The summed E-state index contributed by atoms with van der Waals surface area (Å²) in [4.78, 5) is 12.2. The van der Waals surface area contributed by atoms with Gasteiger partial charge in [-0.1, -0.05) is 168 Å². The molecule has 0 aliphatic heterocycles. The molecule has 1 amide bonds. The van der Waals surface area contributed by atoms with Crippen LogP contribution in [0.4, 0.5) is 0 Å². The number of carbonyl (C=O) groups is 1. The molecule has 2 N–H and O–H groups in total. The van der Waals surface area contributed by atoms with Crippen LogP contribution in [-0.4, -0.2) is 23.7 Å². The summed E-state index contributed by atoms with van der Waals surface area (Å²) in [6.45, 7) is 6.93. The smallest absolute Gasteiger partial charge is 0.220 e. The highest BCUT2D eigenvalue weighted by atomic mass is 16.3. The van der Waals surface area contributed by atoms with Crippen LogP contribution >= 0.6 is 0 Å². The van der Waals surface area contributed by atoms with Gasteiger partial charge in [0.25, 0.3) is 0 Å². The van der Waals surface area contributed by atoms with Gasteiger partial charge in [0.05, 0.1) is 12.6 Å². The van der Waals surface area contributed by atoms with Gasteiger partial charge in [0.2, 0.25) is 5.91 Å². The van der Waals surface area contributed by atoms with Gasteiger partial charge in [-0.3, -0.25) is 4.79 Å². The van der Waals surface area contributed by atoms with Crippen molar-refractivity contribution in [3.05, 3.63) is 12.2 Å². The van der Waals surface area contributed by atoms with Gasteiger partial charge in [-0.25, -0.2) is 0 Å². The van der Waals surface area contributed by atoms with Crippen molar-refractivity contribution in [2.24, 2.45) is 5.92 Å². The summed E-state index contributed by atoms with van der Waals surface area (Å²) in [5.74, 6) is 0.952. The molecule has 38 heavy (non-hydrogen) atoms. The van der Waals surface area contributed by atoms with E-state index in [-0.39, 0.29) is 18.6 Å². The number of allylic oxidation sites excluding steroid dienone is 1. The average Bonchev–Trinajstić information content (AvgIpc) is 2.90. The van der Waals surface area contributed by atoms with Gasteiger partial charge in [0.1, 0.15) is 0 Å². The van der Waals surface area contributed by atoms with E-state index >= 15 is 0 Å². The van der Waals surface area contributed by atoms with Crippen molar-refractivity contribution >= 4 is 5.91 Å². The third kappa shape index (κ3) is 29.7. The van der Waals surface area contributed by atoms with Crippen molar-refractivity contribution in [1.82, 2.24) is 5.32 Å². The number of aliphatic hydroxyl groups is 1. The molecular formula is C35H69NO2. The second-order valence-corrected chi connectivity index (χ2v) is 12.3. The first-order valence-electron chi connectivity index (χ1n) is 17.1. The fraction of sp³-hybridized carbons (Fsp3) is 0.914. The molecule has 1 unspecified atom stereocenters. The maximum Gasteiger partial charge on any atom is 0.220 e. The molecule has 0 heterocycles. The van der Waals surface area contributed by atoms with E-state index in [4.69, 9.17) is 0 Å². The van der Waals surface area contributed by atoms with Gasteiger partial charge < -0.3 is 10.4 Å². The Morgan fingerprint density at radius 1 is 0.632 bits per heavy atom. The lowest BCUT2D eigenvalue weighted by Gasteiger charge is -2.14. The predicted molar refractivity (Wildman–Crippen MR) is 169 cm³/mol. The Morgan fingerprint density at radius 3 is 1.55 bits per heavy atom. The Morgan fingerprint density at radius 2 is 1.08 bits per heavy atom. The molecule has 0 aromatic rings. The van der Waals surface area contributed by atoms with Crippen molar-refractivity contribution in [3.63, 3.8) is 0 Å². The van der Waals surface area contributed by atoms with Crippen LogP contribution in [0, 0.1) is 5.92 Å². The first-order chi connectivity index (χ1) is 18.6. The summed E-state index contributed by atoms with van der Waals surface area (Å²) in [5.41, 5.74) is 0. The Labute approximate surface area is 239 Å². The first kappa shape index (κ1) is 37.2. The number of carbonyl (C=O) groups excluding carboxylic acids is 1. The van der Waals surface area contributed by atoms with Gasteiger partial charge in [-0.15, -0.1) is 0 Å². The minimum atomic E-state index is -0.138. The van der Waals surface area contributed by atoms with Crippen LogP contribution in [0.1, 0.15) is 188 Å². The second kappa shape index (κ2) is 30.7. The molecule has 0 aliphatic rings. The van der Waals surface area contributed by atoms with Crippen LogP contribution in [0.25, 0.3) is 0 Å². The fourth-order valence-electron chi connectivity index (χ4n) is 5.21. The molecule has 0 aromatic carbocycles. The maximum atomic E-state index is 12.2. The number of hydrogen-bond donors (Lipinski definition) is 2. The molecule has 226 valence electrons. The van der Waals surface area contributed by atoms with Crippen molar-refractivity contribution in [1.29, 1.82) is 0 Å². The zero-order valence-electron chi connectivity index (χ0n) is 26.3. The summed E-state index contributed by atoms with van der Waals surface area (Å²) in [7, 11) is 0. The largest absolute Gasteiger partial charge is 0.394 e. The minimum absolute atomic E-state index is 0.0201. The molecule has 0 saturated heterocycles. The van der Waals surface area contributed by atoms with E-state index in [0.717, 1.165) is 31.6 Å². The molecule has 0 aliphatic carbocycles. The Hall–Kier alpha value is -0.830. The van der Waals surface area contributed by atoms with Gasteiger partial charge in [-0.2, -0.15) is 0 Å². The van der Waals surface area contributed by atoms with Gasteiger partial charge in [0.15, 0.2) is 0 Å². The Bertz CT molecular complexity index is 502. The summed E-state index contributed by atoms with van der Waals surface area (Å²) in [5, 5.41) is 12.6. The second-order valence-electron chi connectivity index (χ2n) is 12.3. The highest BCUT2D eigenvalue weighted by molar-refractivity contribution is 5.76. The number of unbranched alkanes of at least 4 members (excludes halogenated alkanes) is 21. The lowest BCUT2D eigenvalue weighted by molar-refractivity contribution is -0.122. The quantitative estimate of drug-likeness (QED) is 0.0709. The molecular weight excluding hydrogens is 466 g/mol. The van der Waals surface area contributed by atoms with Crippen LogP contribution in [0.15, 0.2) is 12.2 Å². The van der Waals surface area contributed by atoms with E-state index in [9.17, 15) is 9.90 Å². The van der Waals surface area contributed by atoms with Gasteiger partial charge in [-0.05, 0) is 31.6 Å². The van der Waals surface area contributed by atoms with Crippen LogP contribution in [0.2, 0.25) is 0 Å². The first-order valence-corrected chi connectivity index (χ1v) is 17.1. The number of hydrogen-bond acceptors (Lipinski definition) is 2. The average molecular weight is 536 g/mol. The molecule has 0 saturated carbocycles. The lowest BCUT2D eigenvalue weighted by atomic mass is 10.0. The van der Waals surface area contributed by atoms with E-state index in [1.165, 1.54) is 135 Å². The maximum absolute atomic E-state index is 12.2. The van der Waals surface area contributed by atoms with E-state index in [1.54, 1.807) is 0 Å². The van der Waals surface area contributed by atoms with Gasteiger partial charge >= 0.3 is 0 Å². The van der Waals surface area contributed by atoms with E-state index in [0.29, 0.717) is 6.42 Å². The molecule has 1 atom stereocenters. The third-order valence-corrected chi connectivity index (χ3v) is 7.83. The highest BCUT2D eigenvalue weighted by Crippen LogP contribution is 2.15. The van der Waals surface area contributed by atoms with Crippen molar-refractivity contribution < 1.29 is 9.90 Å². The number of amides is 1. The Balaban J connectivity index is 3.48. The minimum Gasteiger partial charge on any atom is -0.394 e. The molecule has 3 heteroatoms. The van der Waals surface area contributed by atoms with Crippen LogP contribution in [-0.2, 0) is 4.79 Å². The number of aliphatic hydroxyl groups excluding tert-OH is 1. The molecule has 0 fully saturated rings. The molecule has 0 aromatic heterocycles. The summed E-state index contributed by atoms with van der Waals surface area (Å²) < 4.78 is 0. The number of nitrogens with one attached hydrogen (secondary N) is 1. The third-order valence-electron chi connectivity index (χ3n) is 7.83. The van der Waals surface area contributed by atoms with Crippen molar-refractivity contribution in [2.45, 2.75) is 194 Å². The highest BCUT2D eigenvalue weighted by Gasteiger charge is 2.09. The lowest BCUT2D eigenvalue weighted by Crippen LogP contribution is -2.36. The topological polar surface area (TPSA) is 49.3 Å². The Kier molecular flexibility index (Phi) is 30.0. The van der Waals surface area contributed by atoms with E-state index in [1.807, 2.05) is 0 Å². The summed E-state index contributed by atoms with van der Waals surface area (Å²) >= 11 is 0. The van der Waals surface area contributed by atoms with Crippen LogP contribution in [0.5, 0.6) is 0 Å². The number of rotatable bonds is 30. The summed E-state index contributed by atoms with van der Waals surface area (Å²) in [6.07, 6.45) is 37.7. The molecule has 0 bridgehead atoms. The summed E-state index contributed by atoms with van der Waals surface area (Å²) in [6, 6.07) is -0.138. The van der Waals surface area contributed by atoms with Gasteiger partial charge in [0, 0.05) is 6.42 Å². The van der Waals surface area contributed by atoms with E-state index in [2.05, 4.69) is 38.2 Å². The monoisotopic (exact) mass is 536 g/mol.